The molecule has 0 aliphatic heterocycles. The highest BCUT2D eigenvalue weighted by atomic mass is 32.2. The van der Waals surface area contributed by atoms with Crippen molar-refractivity contribution in [3.05, 3.63) is 78.1 Å². The first-order chi connectivity index (χ1) is 16.9. The average Bonchev–Trinajstić information content (AvgIpc) is 3.20. The molecule has 4 aromatic rings. The van der Waals surface area contributed by atoms with Gasteiger partial charge in [-0.2, -0.15) is 0 Å². The molecule has 0 atom stereocenters. The van der Waals surface area contributed by atoms with Crippen LogP contribution in [0.2, 0.25) is 0 Å². The van der Waals surface area contributed by atoms with Crippen LogP contribution in [0.25, 0.3) is 10.8 Å². The second-order valence-corrected chi connectivity index (χ2v) is 9.04. The smallest absolute Gasteiger partial charge is 0.338 e. The van der Waals surface area contributed by atoms with E-state index in [4.69, 9.17) is 9.47 Å². The van der Waals surface area contributed by atoms with Crippen LogP contribution in [0.4, 0.5) is 5.69 Å². The number of rotatable bonds is 9. The highest BCUT2D eigenvalue weighted by Gasteiger charge is 2.14. The lowest BCUT2D eigenvalue weighted by Crippen LogP contribution is -2.16. The Morgan fingerprint density at radius 1 is 1.03 bits per heavy atom. The molecule has 0 radical (unpaired) electrons. The standard InChI is InChI=1S/C26H26N4O4S/c1-17(2)34-25(32)19-10-6-11-20(14-19)27-24(31)16-35-26-29-28-23(30(26)3)15-33-22-13-7-9-18-8-4-5-12-21(18)22/h4-14,17H,15-16H2,1-3H3,(H,27,31). The Morgan fingerprint density at radius 3 is 2.63 bits per heavy atom. The van der Waals surface area contributed by atoms with E-state index in [1.54, 1.807) is 38.1 Å². The molecule has 35 heavy (non-hydrogen) atoms. The minimum absolute atomic E-state index is 0.136. The van der Waals surface area contributed by atoms with Gasteiger partial charge in [-0.1, -0.05) is 54.2 Å². The zero-order valence-electron chi connectivity index (χ0n) is 19.7. The molecule has 0 unspecified atom stereocenters. The van der Waals surface area contributed by atoms with Gasteiger partial charge in [-0.3, -0.25) is 4.79 Å². The van der Waals surface area contributed by atoms with Gasteiger partial charge in [-0.05, 0) is 43.5 Å². The molecule has 0 aliphatic rings. The van der Waals surface area contributed by atoms with Gasteiger partial charge in [-0.25, -0.2) is 4.79 Å². The first-order valence-electron chi connectivity index (χ1n) is 11.1. The van der Waals surface area contributed by atoms with Gasteiger partial charge < -0.3 is 19.4 Å². The van der Waals surface area contributed by atoms with Crippen LogP contribution in [0.5, 0.6) is 5.75 Å². The van der Waals surface area contributed by atoms with Gasteiger partial charge in [-0.15, -0.1) is 10.2 Å². The van der Waals surface area contributed by atoms with Crippen molar-refractivity contribution in [3.8, 4) is 5.75 Å². The highest BCUT2D eigenvalue weighted by Crippen LogP contribution is 2.26. The Labute approximate surface area is 207 Å². The number of thioether (sulfide) groups is 1. The van der Waals surface area contributed by atoms with Gasteiger partial charge in [0.2, 0.25) is 5.91 Å². The van der Waals surface area contributed by atoms with E-state index in [-0.39, 0.29) is 24.4 Å². The van der Waals surface area contributed by atoms with Crippen molar-refractivity contribution < 1.29 is 19.1 Å². The molecule has 0 bridgehead atoms. The third-order valence-corrected chi connectivity index (χ3v) is 6.11. The van der Waals surface area contributed by atoms with Crippen LogP contribution in [0.3, 0.4) is 0 Å². The van der Waals surface area contributed by atoms with E-state index >= 15 is 0 Å². The lowest BCUT2D eigenvalue weighted by atomic mass is 10.1. The van der Waals surface area contributed by atoms with Gasteiger partial charge in [0.05, 0.1) is 17.4 Å². The number of carbonyl (C=O) groups excluding carboxylic acids is 2. The predicted molar refractivity (Wildman–Crippen MR) is 136 cm³/mol. The van der Waals surface area contributed by atoms with Gasteiger partial charge in [0, 0.05) is 18.1 Å². The van der Waals surface area contributed by atoms with E-state index in [0.29, 0.717) is 22.2 Å². The number of carbonyl (C=O) groups is 2. The molecule has 1 aromatic heterocycles. The molecule has 180 valence electrons. The van der Waals surface area contributed by atoms with E-state index in [9.17, 15) is 9.59 Å². The Balaban J connectivity index is 1.33. The largest absolute Gasteiger partial charge is 0.485 e. The topological polar surface area (TPSA) is 95.3 Å². The van der Waals surface area contributed by atoms with Crippen LogP contribution in [0.15, 0.2) is 71.9 Å². The van der Waals surface area contributed by atoms with Crippen molar-refractivity contribution in [2.24, 2.45) is 7.05 Å². The molecule has 3 aromatic carbocycles. The summed E-state index contributed by atoms with van der Waals surface area (Å²) in [5.74, 6) is 0.914. The van der Waals surface area contributed by atoms with Crippen LogP contribution in [0.1, 0.15) is 30.0 Å². The monoisotopic (exact) mass is 490 g/mol. The van der Waals surface area contributed by atoms with Crippen molar-refractivity contribution in [1.29, 1.82) is 0 Å². The summed E-state index contributed by atoms with van der Waals surface area (Å²) in [6.45, 7) is 3.83. The first kappa shape index (κ1) is 24.3. The number of nitrogens with zero attached hydrogens (tertiary/aromatic N) is 3. The van der Waals surface area contributed by atoms with Crippen molar-refractivity contribution in [3.63, 3.8) is 0 Å². The van der Waals surface area contributed by atoms with Crippen LogP contribution in [-0.2, 0) is 23.2 Å². The number of benzene rings is 3. The third-order valence-electron chi connectivity index (χ3n) is 5.09. The SMILES string of the molecule is CC(C)OC(=O)c1cccc(NC(=O)CSc2nnc(COc3cccc4ccccc34)n2C)c1. The molecule has 0 spiro atoms. The van der Waals surface area contributed by atoms with Crippen molar-refractivity contribution in [2.45, 2.75) is 31.7 Å². The number of aromatic nitrogens is 3. The molecule has 9 heteroatoms. The van der Waals surface area contributed by atoms with Crippen LogP contribution < -0.4 is 10.1 Å². The van der Waals surface area contributed by atoms with Crippen molar-refractivity contribution in [2.75, 3.05) is 11.1 Å². The lowest BCUT2D eigenvalue weighted by Gasteiger charge is -2.10. The maximum absolute atomic E-state index is 12.5. The number of esters is 1. The molecule has 4 rings (SSSR count). The summed E-state index contributed by atoms with van der Waals surface area (Å²) in [7, 11) is 1.84. The number of fused-ring (bicyclic) bond motifs is 1. The summed E-state index contributed by atoms with van der Waals surface area (Å²) in [4.78, 5) is 24.6. The normalized spacial score (nSPS) is 11.0. The summed E-state index contributed by atoms with van der Waals surface area (Å²) in [6.07, 6.45) is -0.217. The van der Waals surface area contributed by atoms with Gasteiger partial charge in [0.1, 0.15) is 12.4 Å². The van der Waals surface area contributed by atoms with E-state index in [0.717, 1.165) is 16.5 Å². The Kier molecular flexibility index (Phi) is 7.67. The summed E-state index contributed by atoms with van der Waals surface area (Å²) in [5, 5.41) is 13.9. The molecular formula is C26H26N4O4S. The lowest BCUT2D eigenvalue weighted by molar-refractivity contribution is -0.113. The summed E-state index contributed by atoms with van der Waals surface area (Å²) >= 11 is 1.27. The number of amides is 1. The molecule has 1 heterocycles. The molecule has 0 saturated heterocycles. The Morgan fingerprint density at radius 2 is 1.80 bits per heavy atom. The molecule has 8 nitrogen and oxygen atoms in total. The summed E-state index contributed by atoms with van der Waals surface area (Å²) in [6, 6.07) is 20.6. The zero-order valence-corrected chi connectivity index (χ0v) is 20.5. The molecule has 0 saturated carbocycles. The maximum atomic E-state index is 12.5. The molecular weight excluding hydrogens is 464 g/mol. The van der Waals surface area contributed by atoms with Gasteiger partial charge >= 0.3 is 5.97 Å². The minimum atomic E-state index is -0.428. The van der Waals surface area contributed by atoms with Crippen molar-refractivity contribution >= 4 is 40.1 Å². The number of anilines is 1. The fourth-order valence-corrected chi connectivity index (χ4v) is 4.12. The van der Waals surface area contributed by atoms with Crippen LogP contribution in [-0.4, -0.2) is 38.5 Å². The van der Waals surface area contributed by atoms with Gasteiger partial charge in [0.25, 0.3) is 0 Å². The fourth-order valence-electron chi connectivity index (χ4n) is 3.39. The van der Waals surface area contributed by atoms with E-state index in [1.807, 2.05) is 54.1 Å². The summed E-state index contributed by atoms with van der Waals surface area (Å²) < 4.78 is 13.0. The quantitative estimate of drug-likeness (QED) is 0.265. The molecule has 0 fully saturated rings. The number of hydrogen-bond donors (Lipinski definition) is 1. The predicted octanol–water partition coefficient (Wildman–Crippen LogP) is 4.84. The first-order valence-corrected chi connectivity index (χ1v) is 12.1. The number of nitrogens with one attached hydrogen (secondary N) is 1. The second-order valence-electron chi connectivity index (χ2n) is 8.10. The van der Waals surface area contributed by atoms with E-state index < -0.39 is 5.97 Å². The minimum Gasteiger partial charge on any atom is -0.485 e. The highest BCUT2D eigenvalue weighted by molar-refractivity contribution is 7.99. The third kappa shape index (κ3) is 6.19. The van der Waals surface area contributed by atoms with E-state index in [1.165, 1.54) is 11.8 Å². The summed E-state index contributed by atoms with van der Waals surface area (Å²) in [5.41, 5.74) is 0.907. The molecule has 0 aliphatic carbocycles. The second kappa shape index (κ2) is 11.1. The number of hydrogen-bond acceptors (Lipinski definition) is 7. The van der Waals surface area contributed by atoms with Crippen LogP contribution in [0, 0.1) is 0 Å². The van der Waals surface area contributed by atoms with E-state index in [2.05, 4.69) is 15.5 Å². The fraction of sp³-hybridized carbons (Fsp3) is 0.231. The average molecular weight is 491 g/mol. The number of ether oxygens (including phenoxy) is 2. The molecule has 1 N–H and O–H groups in total. The molecule has 1 amide bonds. The Bertz CT molecular complexity index is 1350. The van der Waals surface area contributed by atoms with Crippen LogP contribution >= 0.6 is 11.8 Å². The van der Waals surface area contributed by atoms with Gasteiger partial charge in [0.15, 0.2) is 11.0 Å². The maximum Gasteiger partial charge on any atom is 0.338 e. The zero-order chi connectivity index (χ0) is 24.8. The van der Waals surface area contributed by atoms with Crippen molar-refractivity contribution in [1.82, 2.24) is 14.8 Å². The Hall–Kier alpha value is -3.85.